The summed E-state index contributed by atoms with van der Waals surface area (Å²) in [5.41, 5.74) is 1.63. The van der Waals surface area contributed by atoms with Crippen LogP contribution in [0.4, 0.5) is 0 Å². The monoisotopic (exact) mass is 461 g/mol. The van der Waals surface area contributed by atoms with Gasteiger partial charge in [-0.05, 0) is 117 Å². The summed E-state index contributed by atoms with van der Waals surface area (Å²) in [4.78, 5) is 11.7. The standard InChI is InChI=1S/C30H39NO3/c32-27(33)29-13-16-30(17-14-29,18-15-29)31-21-22-3-4-24-20-26(6-5-23(24)19-22)34-25-7-11-28(12-8-25)9-1-2-10-28/h3-6,19-20,25,31H,1-2,7-18,21H2,(H,32,33). The van der Waals surface area contributed by atoms with E-state index in [1.807, 2.05) is 0 Å². The van der Waals surface area contributed by atoms with E-state index in [2.05, 4.69) is 41.7 Å². The summed E-state index contributed by atoms with van der Waals surface area (Å²) in [5.74, 6) is 0.427. The normalized spacial score (nSPS) is 30.7. The Morgan fingerprint density at radius 1 is 0.853 bits per heavy atom. The summed E-state index contributed by atoms with van der Waals surface area (Å²) in [6.07, 6.45) is 16.6. The minimum absolute atomic E-state index is 0.126. The molecular formula is C30H39NO3. The fraction of sp³-hybridized carbons (Fsp3) is 0.633. The average molecular weight is 462 g/mol. The quantitative estimate of drug-likeness (QED) is 0.487. The molecule has 4 heteroatoms. The first kappa shape index (κ1) is 22.4. The number of carboxylic acid groups (broad SMARTS) is 1. The van der Waals surface area contributed by atoms with Crippen molar-refractivity contribution in [2.24, 2.45) is 10.8 Å². The van der Waals surface area contributed by atoms with Crippen LogP contribution in [0.3, 0.4) is 0 Å². The Labute approximate surface area is 203 Å². The SMILES string of the molecule is O=C(O)C12CCC(NCc3ccc4cc(OC5CCC6(CCCC6)CC5)ccc4c3)(CC1)CC2. The summed E-state index contributed by atoms with van der Waals surface area (Å²) in [5, 5.41) is 16.0. The molecule has 0 aliphatic heterocycles. The van der Waals surface area contributed by atoms with E-state index in [9.17, 15) is 9.90 Å². The molecule has 1 spiro atoms. The van der Waals surface area contributed by atoms with Gasteiger partial charge in [0.2, 0.25) is 0 Å². The van der Waals surface area contributed by atoms with Crippen molar-refractivity contribution in [1.82, 2.24) is 5.32 Å². The lowest BCUT2D eigenvalue weighted by molar-refractivity contribution is -0.156. The number of ether oxygens (including phenoxy) is 1. The zero-order valence-corrected chi connectivity index (χ0v) is 20.4. The van der Waals surface area contributed by atoms with Crippen LogP contribution in [0.5, 0.6) is 5.75 Å². The molecule has 0 heterocycles. The zero-order valence-electron chi connectivity index (χ0n) is 20.4. The van der Waals surface area contributed by atoms with Crippen LogP contribution >= 0.6 is 0 Å². The van der Waals surface area contributed by atoms with Crippen molar-refractivity contribution < 1.29 is 14.6 Å². The van der Waals surface area contributed by atoms with Crippen molar-refractivity contribution in [2.75, 3.05) is 0 Å². The van der Waals surface area contributed by atoms with Crippen molar-refractivity contribution in [3.05, 3.63) is 42.0 Å². The molecule has 2 aromatic rings. The van der Waals surface area contributed by atoms with Crippen molar-refractivity contribution >= 4 is 16.7 Å². The molecule has 4 nitrogen and oxygen atoms in total. The average Bonchev–Trinajstić information content (AvgIpc) is 3.33. The number of nitrogens with one attached hydrogen (secondary N) is 1. The van der Waals surface area contributed by atoms with Gasteiger partial charge in [-0.3, -0.25) is 4.79 Å². The minimum Gasteiger partial charge on any atom is -0.490 e. The van der Waals surface area contributed by atoms with E-state index in [4.69, 9.17) is 4.74 Å². The second kappa shape index (κ2) is 8.55. The van der Waals surface area contributed by atoms with E-state index in [1.54, 1.807) is 0 Å². The molecule has 34 heavy (non-hydrogen) atoms. The summed E-state index contributed by atoms with van der Waals surface area (Å²) >= 11 is 0. The molecule has 2 N–H and O–H groups in total. The third-order valence-electron chi connectivity index (χ3n) is 10.2. The van der Waals surface area contributed by atoms with E-state index in [-0.39, 0.29) is 5.54 Å². The molecule has 5 aliphatic rings. The van der Waals surface area contributed by atoms with Gasteiger partial charge < -0.3 is 15.2 Å². The molecule has 5 fully saturated rings. The summed E-state index contributed by atoms with van der Waals surface area (Å²) < 4.78 is 6.43. The Morgan fingerprint density at radius 2 is 1.50 bits per heavy atom. The number of fused-ring (bicyclic) bond motifs is 4. The lowest BCUT2D eigenvalue weighted by Crippen LogP contribution is -2.56. The van der Waals surface area contributed by atoms with Gasteiger partial charge in [-0.2, -0.15) is 0 Å². The van der Waals surface area contributed by atoms with Crippen molar-refractivity contribution in [3.63, 3.8) is 0 Å². The predicted molar refractivity (Wildman–Crippen MR) is 135 cm³/mol. The van der Waals surface area contributed by atoms with E-state index in [1.165, 1.54) is 67.7 Å². The van der Waals surface area contributed by atoms with Gasteiger partial charge in [-0.15, -0.1) is 0 Å². The maximum absolute atomic E-state index is 11.7. The Hall–Kier alpha value is -2.07. The molecule has 0 aromatic heterocycles. The fourth-order valence-corrected chi connectivity index (χ4v) is 7.66. The number of rotatable bonds is 6. The highest BCUT2D eigenvalue weighted by Gasteiger charge is 2.52. The summed E-state index contributed by atoms with van der Waals surface area (Å²) in [6, 6.07) is 13.3. The van der Waals surface area contributed by atoms with Crippen LogP contribution in [-0.4, -0.2) is 22.7 Å². The van der Waals surface area contributed by atoms with E-state index in [0.29, 0.717) is 11.5 Å². The van der Waals surface area contributed by atoms with Gasteiger partial charge in [0.25, 0.3) is 0 Å². The van der Waals surface area contributed by atoms with Crippen molar-refractivity contribution in [2.45, 2.75) is 108 Å². The fourth-order valence-electron chi connectivity index (χ4n) is 7.66. The van der Waals surface area contributed by atoms with Crippen LogP contribution in [0.15, 0.2) is 36.4 Å². The lowest BCUT2D eigenvalue weighted by Gasteiger charge is -2.51. The zero-order chi connectivity index (χ0) is 23.2. The van der Waals surface area contributed by atoms with Gasteiger partial charge in [0.05, 0.1) is 11.5 Å². The van der Waals surface area contributed by atoms with Gasteiger partial charge >= 0.3 is 5.97 Å². The second-order valence-electron chi connectivity index (χ2n) is 12.1. The van der Waals surface area contributed by atoms with E-state index < -0.39 is 11.4 Å². The number of benzene rings is 2. The Bertz CT molecular complexity index is 1040. The third-order valence-corrected chi connectivity index (χ3v) is 10.2. The highest BCUT2D eigenvalue weighted by molar-refractivity contribution is 5.84. The second-order valence-corrected chi connectivity index (χ2v) is 12.1. The predicted octanol–water partition coefficient (Wildman–Crippen LogP) is 6.99. The summed E-state index contributed by atoms with van der Waals surface area (Å²) in [6.45, 7) is 0.845. The molecule has 0 atom stereocenters. The molecule has 0 unspecified atom stereocenters. The van der Waals surface area contributed by atoms with Crippen LogP contribution in [0.2, 0.25) is 0 Å². The number of carboxylic acids is 1. The van der Waals surface area contributed by atoms with Crippen LogP contribution < -0.4 is 10.1 Å². The van der Waals surface area contributed by atoms with Gasteiger partial charge in [-0.1, -0.05) is 31.0 Å². The topological polar surface area (TPSA) is 58.6 Å². The highest BCUT2D eigenvalue weighted by Crippen LogP contribution is 2.52. The van der Waals surface area contributed by atoms with E-state index >= 15 is 0 Å². The first-order chi connectivity index (χ1) is 16.5. The van der Waals surface area contributed by atoms with Gasteiger partial charge in [-0.25, -0.2) is 0 Å². The van der Waals surface area contributed by atoms with Crippen LogP contribution in [0.1, 0.15) is 95.5 Å². The molecule has 182 valence electrons. The molecule has 2 bridgehead atoms. The number of aliphatic carboxylic acids is 1. The molecule has 0 amide bonds. The Morgan fingerprint density at radius 3 is 2.18 bits per heavy atom. The third kappa shape index (κ3) is 4.12. The molecular weight excluding hydrogens is 422 g/mol. The molecule has 5 saturated carbocycles. The molecule has 5 aliphatic carbocycles. The minimum atomic E-state index is -0.583. The van der Waals surface area contributed by atoms with Gasteiger partial charge in [0, 0.05) is 12.1 Å². The van der Waals surface area contributed by atoms with Crippen LogP contribution in [0.25, 0.3) is 10.8 Å². The smallest absolute Gasteiger partial charge is 0.309 e. The Kier molecular flexibility index (Phi) is 5.63. The molecule has 7 rings (SSSR count). The number of hydrogen-bond acceptors (Lipinski definition) is 3. The number of hydrogen-bond donors (Lipinski definition) is 2. The van der Waals surface area contributed by atoms with Gasteiger partial charge in [0.1, 0.15) is 5.75 Å². The largest absolute Gasteiger partial charge is 0.490 e. The van der Waals surface area contributed by atoms with Crippen LogP contribution in [-0.2, 0) is 11.3 Å². The molecule has 0 saturated heterocycles. The number of carbonyl (C=O) groups is 1. The van der Waals surface area contributed by atoms with Gasteiger partial charge in [0.15, 0.2) is 0 Å². The van der Waals surface area contributed by atoms with Crippen molar-refractivity contribution in [3.8, 4) is 5.75 Å². The molecule has 0 radical (unpaired) electrons. The Balaban J connectivity index is 1.06. The van der Waals surface area contributed by atoms with E-state index in [0.717, 1.165) is 50.8 Å². The highest BCUT2D eigenvalue weighted by atomic mass is 16.5. The van der Waals surface area contributed by atoms with Crippen molar-refractivity contribution in [1.29, 1.82) is 0 Å². The first-order valence-corrected chi connectivity index (χ1v) is 13.7. The summed E-state index contributed by atoms with van der Waals surface area (Å²) in [7, 11) is 0. The van der Waals surface area contributed by atoms with Crippen LogP contribution in [0, 0.1) is 10.8 Å². The maximum atomic E-state index is 11.7. The first-order valence-electron chi connectivity index (χ1n) is 13.7. The molecule has 2 aromatic carbocycles. The lowest BCUT2D eigenvalue weighted by atomic mass is 9.57. The maximum Gasteiger partial charge on any atom is 0.309 e.